The molecule has 0 unspecified atom stereocenters. The van der Waals surface area contributed by atoms with E-state index in [1.54, 1.807) is 60.7 Å². The third-order valence-corrected chi connectivity index (χ3v) is 5.10. The fraction of sp³-hybridized carbons (Fsp3) is 0.120. The van der Waals surface area contributed by atoms with Crippen LogP contribution in [0.4, 0.5) is 0 Å². The van der Waals surface area contributed by atoms with E-state index < -0.39 is 11.9 Å². The quantitative estimate of drug-likeness (QED) is 0.186. The third-order valence-electron chi connectivity index (χ3n) is 4.61. The Morgan fingerprint density at radius 2 is 1.66 bits per heavy atom. The summed E-state index contributed by atoms with van der Waals surface area (Å²) in [4.78, 5) is 36.4. The Morgan fingerprint density at radius 1 is 0.914 bits per heavy atom. The van der Waals surface area contributed by atoms with E-state index in [9.17, 15) is 14.4 Å². The zero-order valence-corrected chi connectivity index (χ0v) is 20.5. The van der Waals surface area contributed by atoms with Gasteiger partial charge in [0.05, 0.1) is 32.5 Å². The Balaban J connectivity index is 1.48. The highest BCUT2D eigenvalue weighted by Crippen LogP contribution is 2.28. The lowest BCUT2D eigenvalue weighted by atomic mass is 10.2. The predicted octanol–water partition coefficient (Wildman–Crippen LogP) is 3.57. The Morgan fingerprint density at radius 3 is 2.34 bits per heavy atom. The van der Waals surface area contributed by atoms with Crippen molar-refractivity contribution in [2.45, 2.75) is 0 Å². The van der Waals surface area contributed by atoms with Gasteiger partial charge in [-0.25, -0.2) is 10.2 Å². The highest BCUT2D eigenvalue weighted by atomic mass is 79.9. The largest absolute Gasteiger partial charge is 0.493 e. The van der Waals surface area contributed by atoms with Crippen LogP contribution in [0.2, 0.25) is 0 Å². The molecule has 0 atom stereocenters. The molecule has 0 radical (unpaired) electrons. The second kappa shape index (κ2) is 12.3. The maximum Gasteiger partial charge on any atom is 0.343 e. The van der Waals surface area contributed by atoms with Gasteiger partial charge in [0, 0.05) is 10.0 Å². The van der Waals surface area contributed by atoms with Crippen molar-refractivity contribution >= 4 is 39.9 Å². The molecule has 10 heteroatoms. The van der Waals surface area contributed by atoms with Gasteiger partial charge in [-0.2, -0.15) is 5.10 Å². The number of amides is 2. The molecule has 0 aliphatic carbocycles. The minimum absolute atomic E-state index is 0.228. The maximum absolute atomic E-state index is 12.4. The zero-order chi connectivity index (χ0) is 25.2. The minimum atomic E-state index is -0.551. The molecule has 0 aliphatic heterocycles. The summed E-state index contributed by atoms with van der Waals surface area (Å²) in [6.07, 6.45) is 1.42. The number of ether oxygens (including phenoxy) is 3. The lowest BCUT2D eigenvalue weighted by molar-refractivity contribution is -0.120. The molecule has 0 aromatic heterocycles. The van der Waals surface area contributed by atoms with Gasteiger partial charge in [-0.05, 0) is 66.2 Å². The van der Waals surface area contributed by atoms with Crippen molar-refractivity contribution in [3.05, 3.63) is 87.9 Å². The molecule has 3 rings (SSSR count). The fourth-order valence-electron chi connectivity index (χ4n) is 2.86. The van der Waals surface area contributed by atoms with Gasteiger partial charge in [0.2, 0.25) is 0 Å². The van der Waals surface area contributed by atoms with E-state index in [1.165, 1.54) is 26.5 Å². The normalized spacial score (nSPS) is 10.5. The van der Waals surface area contributed by atoms with Crippen molar-refractivity contribution in [1.29, 1.82) is 0 Å². The third kappa shape index (κ3) is 7.41. The molecule has 0 spiro atoms. The molecule has 35 heavy (non-hydrogen) atoms. The Labute approximate surface area is 210 Å². The molecular weight excluding hydrogens is 518 g/mol. The van der Waals surface area contributed by atoms with Crippen LogP contribution >= 0.6 is 15.9 Å². The molecule has 2 N–H and O–H groups in total. The second-order valence-corrected chi connectivity index (χ2v) is 7.93. The van der Waals surface area contributed by atoms with Gasteiger partial charge >= 0.3 is 5.97 Å². The number of benzene rings is 3. The first-order valence-electron chi connectivity index (χ1n) is 10.3. The average molecular weight is 540 g/mol. The number of methoxy groups -OCH3 is 2. The molecule has 0 heterocycles. The van der Waals surface area contributed by atoms with Crippen molar-refractivity contribution in [3.63, 3.8) is 0 Å². The molecule has 2 amide bonds. The van der Waals surface area contributed by atoms with Gasteiger partial charge in [-0.3, -0.25) is 9.59 Å². The van der Waals surface area contributed by atoms with Crippen molar-refractivity contribution in [1.82, 2.24) is 10.7 Å². The summed E-state index contributed by atoms with van der Waals surface area (Å²) in [5, 5.41) is 6.38. The molecule has 0 aliphatic rings. The SMILES string of the molecule is COc1ccc(C(=O)Oc2ccc(C=NNC(=O)CNC(=O)c3cccc(Br)c3)cc2)cc1OC. The summed E-state index contributed by atoms with van der Waals surface area (Å²) >= 11 is 3.29. The first-order chi connectivity index (χ1) is 16.9. The highest BCUT2D eigenvalue weighted by Gasteiger charge is 2.13. The standard InChI is InChI=1S/C25H22BrN3O6/c1-33-21-11-8-18(13-22(21)34-2)25(32)35-20-9-6-16(7-10-20)14-28-29-23(30)15-27-24(31)17-4-3-5-19(26)12-17/h3-14H,15H2,1-2H3,(H,27,31)(H,29,30). The first-order valence-corrected chi connectivity index (χ1v) is 11.1. The molecule has 0 saturated heterocycles. The first kappa shape index (κ1) is 25.4. The summed E-state index contributed by atoms with van der Waals surface area (Å²) in [7, 11) is 2.99. The molecule has 0 saturated carbocycles. The molecular formula is C25H22BrN3O6. The summed E-state index contributed by atoms with van der Waals surface area (Å²) in [6.45, 7) is -0.228. The summed E-state index contributed by atoms with van der Waals surface area (Å²) < 4.78 is 16.5. The van der Waals surface area contributed by atoms with E-state index >= 15 is 0 Å². The van der Waals surface area contributed by atoms with Crippen LogP contribution in [0.15, 0.2) is 76.3 Å². The number of hydrogen-bond acceptors (Lipinski definition) is 7. The number of rotatable bonds is 9. The second-order valence-electron chi connectivity index (χ2n) is 7.01. The number of hydrogen-bond donors (Lipinski definition) is 2. The number of carbonyl (C=O) groups is 3. The molecule has 3 aromatic carbocycles. The smallest absolute Gasteiger partial charge is 0.343 e. The van der Waals surface area contributed by atoms with E-state index in [0.29, 0.717) is 33.9 Å². The van der Waals surface area contributed by atoms with Crippen LogP contribution in [0.1, 0.15) is 26.3 Å². The zero-order valence-electron chi connectivity index (χ0n) is 18.9. The highest BCUT2D eigenvalue weighted by molar-refractivity contribution is 9.10. The van der Waals surface area contributed by atoms with Gasteiger partial charge in [-0.15, -0.1) is 0 Å². The number of esters is 1. The van der Waals surface area contributed by atoms with Gasteiger partial charge in [0.25, 0.3) is 11.8 Å². The molecule has 0 fully saturated rings. The van der Waals surface area contributed by atoms with Gasteiger partial charge in [0.15, 0.2) is 11.5 Å². The number of halogens is 1. The molecule has 0 bridgehead atoms. The van der Waals surface area contributed by atoms with Crippen LogP contribution in [0, 0.1) is 0 Å². The van der Waals surface area contributed by atoms with Crippen LogP contribution in [-0.2, 0) is 4.79 Å². The average Bonchev–Trinajstić information content (AvgIpc) is 2.87. The van der Waals surface area contributed by atoms with E-state index in [1.807, 2.05) is 0 Å². The summed E-state index contributed by atoms with van der Waals surface area (Å²) in [5.41, 5.74) is 3.74. The monoisotopic (exact) mass is 539 g/mol. The Kier molecular flexibility index (Phi) is 8.96. The van der Waals surface area contributed by atoms with Crippen LogP contribution in [0.5, 0.6) is 17.2 Å². The fourth-order valence-corrected chi connectivity index (χ4v) is 3.26. The summed E-state index contributed by atoms with van der Waals surface area (Å²) in [6, 6.07) is 18.1. The topological polar surface area (TPSA) is 115 Å². The van der Waals surface area contributed by atoms with Crippen molar-refractivity contribution in [2.24, 2.45) is 5.10 Å². The van der Waals surface area contributed by atoms with Crippen LogP contribution < -0.4 is 25.0 Å². The molecule has 9 nitrogen and oxygen atoms in total. The van der Waals surface area contributed by atoms with Gasteiger partial charge < -0.3 is 19.5 Å². The van der Waals surface area contributed by atoms with Crippen LogP contribution in [-0.4, -0.2) is 44.8 Å². The van der Waals surface area contributed by atoms with Crippen molar-refractivity contribution < 1.29 is 28.6 Å². The molecule has 3 aromatic rings. The lowest BCUT2D eigenvalue weighted by Crippen LogP contribution is -2.34. The Bertz CT molecular complexity index is 1240. The predicted molar refractivity (Wildman–Crippen MR) is 133 cm³/mol. The number of carbonyl (C=O) groups excluding carboxylic acids is 3. The number of nitrogens with one attached hydrogen (secondary N) is 2. The minimum Gasteiger partial charge on any atom is -0.493 e. The summed E-state index contributed by atoms with van der Waals surface area (Å²) in [5.74, 6) is -0.144. The van der Waals surface area contributed by atoms with Gasteiger partial charge in [-0.1, -0.05) is 22.0 Å². The van der Waals surface area contributed by atoms with E-state index in [0.717, 1.165) is 4.47 Å². The van der Waals surface area contributed by atoms with Crippen LogP contribution in [0.25, 0.3) is 0 Å². The van der Waals surface area contributed by atoms with E-state index in [4.69, 9.17) is 14.2 Å². The Hall–Kier alpha value is -4.18. The van der Waals surface area contributed by atoms with E-state index in [-0.39, 0.29) is 12.5 Å². The van der Waals surface area contributed by atoms with Crippen molar-refractivity contribution in [3.8, 4) is 17.2 Å². The maximum atomic E-state index is 12.4. The van der Waals surface area contributed by atoms with Crippen molar-refractivity contribution in [2.75, 3.05) is 20.8 Å². The van der Waals surface area contributed by atoms with Crippen LogP contribution in [0.3, 0.4) is 0 Å². The lowest BCUT2D eigenvalue weighted by Gasteiger charge is -2.09. The molecule has 180 valence electrons. The van der Waals surface area contributed by atoms with Gasteiger partial charge in [0.1, 0.15) is 5.75 Å². The number of hydrazone groups is 1. The number of nitrogens with zero attached hydrogens (tertiary/aromatic N) is 1. The van der Waals surface area contributed by atoms with E-state index in [2.05, 4.69) is 31.8 Å².